The van der Waals surface area contributed by atoms with E-state index in [1.807, 2.05) is 0 Å². The van der Waals surface area contributed by atoms with Gasteiger partial charge >= 0.3 is 0 Å². The van der Waals surface area contributed by atoms with Gasteiger partial charge in [-0.2, -0.15) is 0 Å². The predicted octanol–water partition coefficient (Wildman–Crippen LogP) is 3.35. The molecule has 0 saturated carbocycles. The second kappa shape index (κ2) is 15.4. The second-order valence-corrected chi connectivity index (χ2v) is 7.41. The van der Waals surface area contributed by atoms with Crippen molar-refractivity contribution in [3.8, 4) is 0 Å². The summed E-state index contributed by atoms with van der Waals surface area (Å²) in [7, 11) is 4.56. The van der Waals surface area contributed by atoms with Gasteiger partial charge in [-0.25, -0.2) is 0 Å². The van der Waals surface area contributed by atoms with Crippen LogP contribution in [-0.4, -0.2) is 30.6 Å². The topological polar surface area (TPSA) is 0 Å². The summed E-state index contributed by atoms with van der Waals surface area (Å²) in [6, 6.07) is 0. The molecular formula is C18H39Cl2N. The average Bonchev–Trinajstić information content (AvgIpc) is 2.41. The molecule has 0 aliphatic heterocycles. The van der Waals surface area contributed by atoms with E-state index in [0.717, 1.165) is 10.9 Å². The van der Waals surface area contributed by atoms with E-state index in [4.69, 9.17) is 11.6 Å². The van der Waals surface area contributed by atoms with Crippen LogP contribution in [0.25, 0.3) is 0 Å². The number of unbranched alkanes of at least 4 members (excludes halogenated alkanes) is 9. The molecule has 0 amide bonds. The highest BCUT2D eigenvalue weighted by molar-refractivity contribution is 6.19. The number of rotatable bonds is 14. The van der Waals surface area contributed by atoms with Crippen molar-refractivity contribution >= 4 is 11.6 Å². The minimum Gasteiger partial charge on any atom is -1.00 e. The normalized spacial score (nSPS) is 13.0. The van der Waals surface area contributed by atoms with Gasteiger partial charge < -0.3 is 16.9 Å². The van der Waals surface area contributed by atoms with Crippen molar-refractivity contribution in [3.05, 3.63) is 0 Å². The second-order valence-electron chi connectivity index (χ2n) is 6.91. The first-order chi connectivity index (χ1) is 9.54. The zero-order valence-electron chi connectivity index (χ0n) is 15.0. The minimum atomic E-state index is 0. The van der Waals surface area contributed by atoms with Gasteiger partial charge in [-0.3, -0.25) is 0 Å². The van der Waals surface area contributed by atoms with Crippen LogP contribution in [-0.2, 0) is 0 Å². The van der Waals surface area contributed by atoms with Crippen LogP contribution in [0.2, 0.25) is 0 Å². The Balaban J connectivity index is 0. The molecule has 130 valence electrons. The third-order valence-electron chi connectivity index (χ3n) is 4.37. The van der Waals surface area contributed by atoms with Crippen molar-refractivity contribution in [2.75, 3.05) is 20.6 Å². The maximum absolute atomic E-state index is 6.47. The van der Waals surface area contributed by atoms with Gasteiger partial charge in [0.25, 0.3) is 0 Å². The molecule has 0 aliphatic carbocycles. The van der Waals surface area contributed by atoms with Gasteiger partial charge in [0.05, 0.1) is 20.6 Å². The molecule has 0 bridgehead atoms. The molecule has 1 unspecified atom stereocenters. The maximum atomic E-state index is 6.47. The van der Waals surface area contributed by atoms with Crippen LogP contribution in [0.15, 0.2) is 0 Å². The number of halogens is 2. The molecule has 1 atom stereocenters. The van der Waals surface area contributed by atoms with E-state index in [1.54, 1.807) is 0 Å². The van der Waals surface area contributed by atoms with Crippen LogP contribution in [0.3, 0.4) is 0 Å². The molecule has 0 heterocycles. The van der Waals surface area contributed by atoms with Crippen LogP contribution in [0.1, 0.15) is 90.9 Å². The number of quaternary nitrogens is 1. The number of alkyl halides is 1. The first kappa shape index (κ1) is 23.8. The third-order valence-corrected chi connectivity index (χ3v) is 5.12. The molecule has 0 aromatic carbocycles. The van der Waals surface area contributed by atoms with Crippen LogP contribution in [0, 0.1) is 0 Å². The number of hydrogen-bond acceptors (Lipinski definition) is 0. The van der Waals surface area contributed by atoms with Crippen molar-refractivity contribution in [3.63, 3.8) is 0 Å². The lowest BCUT2D eigenvalue weighted by atomic mass is 10.1. The largest absolute Gasteiger partial charge is 1.00 e. The van der Waals surface area contributed by atoms with E-state index in [0.29, 0.717) is 5.50 Å². The minimum absolute atomic E-state index is 0. The van der Waals surface area contributed by atoms with E-state index < -0.39 is 0 Å². The van der Waals surface area contributed by atoms with E-state index in [1.165, 1.54) is 77.2 Å². The summed E-state index contributed by atoms with van der Waals surface area (Å²) in [6.07, 6.45) is 16.4. The van der Waals surface area contributed by atoms with E-state index in [-0.39, 0.29) is 12.4 Å². The molecule has 1 nitrogen and oxygen atoms in total. The first-order valence-electron chi connectivity index (χ1n) is 9.01. The van der Waals surface area contributed by atoms with E-state index >= 15 is 0 Å². The van der Waals surface area contributed by atoms with Gasteiger partial charge in [-0.1, -0.05) is 76.8 Å². The van der Waals surface area contributed by atoms with Crippen LogP contribution in [0.5, 0.6) is 0 Å². The summed E-state index contributed by atoms with van der Waals surface area (Å²) in [5.41, 5.74) is 0.290. The third kappa shape index (κ3) is 13.9. The lowest BCUT2D eigenvalue weighted by molar-refractivity contribution is -0.902. The molecular weight excluding hydrogens is 301 g/mol. The lowest BCUT2D eigenvalue weighted by Gasteiger charge is -2.34. The summed E-state index contributed by atoms with van der Waals surface area (Å²) < 4.78 is 0.979. The van der Waals surface area contributed by atoms with Crippen molar-refractivity contribution in [1.29, 1.82) is 0 Å². The molecule has 0 fully saturated rings. The fourth-order valence-corrected chi connectivity index (χ4v) is 3.05. The fraction of sp³-hybridized carbons (Fsp3) is 1.00. The van der Waals surface area contributed by atoms with Crippen LogP contribution >= 0.6 is 11.6 Å². The van der Waals surface area contributed by atoms with Crippen molar-refractivity contribution < 1.29 is 16.9 Å². The SMILES string of the molecule is CCCCCCCCCCCC[N+](C)(C)C(Cl)CCC.[Cl-]. The highest BCUT2D eigenvalue weighted by atomic mass is 35.5. The molecule has 21 heavy (non-hydrogen) atoms. The highest BCUT2D eigenvalue weighted by Gasteiger charge is 2.24. The Morgan fingerprint density at radius 3 is 1.57 bits per heavy atom. The van der Waals surface area contributed by atoms with Gasteiger partial charge in [0, 0.05) is 6.42 Å². The van der Waals surface area contributed by atoms with Crippen molar-refractivity contribution in [2.45, 2.75) is 96.4 Å². The average molecular weight is 340 g/mol. The van der Waals surface area contributed by atoms with Gasteiger partial charge in [0.15, 0.2) is 5.50 Å². The molecule has 0 radical (unpaired) electrons. The Morgan fingerprint density at radius 1 is 0.714 bits per heavy atom. The van der Waals surface area contributed by atoms with E-state index in [2.05, 4.69) is 27.9 Å². The van der Waals surface area contributed by atoms with Gasteiger partial charge in [0.1, 0.15) is 0 Å². The Labute approximate surface area is 145 Å². The lowest BCUT2D eigenvalue weighted by Crippen LogP contribution is -3.00. The Morgan fingerprint density at radius 2 is 1.14 bits per heavy atom. The Hall–Kier alpha value is 0.540. The number of nitrogens with zero attached hydrogens (tertiary/aromatic N) is 1. The standard InChI is InChI=1S/C18H39ClN.ClH/c1-5-7-8-9-10-11-12-13-14-15-17-20(3,4)18(19)16-6-2;/h18H,5-17H2,1-4H3;1H/q+1;/p-1. The smallest absolute Gasteiger partial charge is 0.164 e. The van der Waals surface area contributed by atoms with Crippen LogP contribution in [0.4, 0.5) is 0 Å². The summed E-state index contributed by atoms with van der Waals surface area (Å²) in [5.74, 6) is 0. The van der Waals surface area contributed by atoms with Gasteiger partial charge in [-0.15, -0.1) is 0 Å². The summed E-state index contributed by atoms with van der Waals surface area (Å²) >= 11 is 6.47. The highest BCUT2D eigenvalue weighted by Crippen LogP contribution is 2.18. The maximum Gasteiger partial charge on any atom is 0.164 e. The molecule has 0 aromatic rings. The van der Waals surface area contributed by atoms with E-state index in [9.17, 15) is 0 Å². The van der Waals surface area contributed by atoms with Crippen LogP contribution < -0.4 is 12.4 Å². The Bertz CT molecular complexity index is 207. The monoisotopic (exact) mass is 339 g/mol. The quantitative estimate of drug-likeness (QED) is 0.197. The van der Waals surface area contributed by atoms with Gasteiger partial charge in [-0.05, 0) is 19.3 Å². The molecule has 0 N–H and O–H groups in total. The molecule has 0 saturated heterocycles. The molecule has 0 aromatic heterocycles. The van der Waals surface area contributed by atoms with Crippen molar-refractivity contribution in [2.24, 2.45) is 0 Å². The number of hydrogen-bond donors (Lipinski definition) is 0. The summed E-state index contributed by atoms with van der Waals surface area (Å²) in [6.45, 7) is 5.73. The Kier molecular flexibility index (Phi) is 17.5. The zero-order valence-corrected chi connectivity index (χ0v) is 16.5. The molecule has 0 rings (SSSR count). The molecule has 3 heteroatoms. The molecule has 0 spiro atoms. The van der Waals surface area contributed by atoms with Gasteiger partial charge in [0.2, 0.25) is 0 Å². The predicted molar refractivity (Wildman–Crippen MR) is 93.4 cm³/mol. The van der Waals surface area contributed by atoms with Crippen molar-refractivity contribution in [1.82, 2.24) is 0 Å². The summed E-state index contributed by atoms with van der Waals surface area (Å²) in [4.78, 5) is 0. The summed E-state index contributed by atoms with van der Waals surface area (Å²) in [5, 5.41) is 0. The molecule has 0 aliphatic rings. The first-order valence-corrected chi connectivity index (χ1v) is 9.45. The fourth-order valence-electron chi connectivity index (χ4n) is 2.73. The zero-order chi connectivity index (χ0) is 15.3.